The summed E-state index contributed by atoms with van der Waals surface area (Å²) < 4.78 is 10.6. The molecule has 9 heteroatoms. The number of nitrogens with zero attached hydrogens (tertiary/aromatic N) is 5. The van der Waals surface area contributed by atoms with E-state index in [1.54, 1.807) is 18.3 Å². The number of rotatable bonds is 6. The van der Waals surface area contributed by atoms with Gasteiger partial charge < -0.3 is 24.3 Å². The van der Waals surface area contributed by atoms with Crippen LogP contribution in [0.2, 0.25) is 0 Å². The number of nitrogens with one attached hydrogen (secondary N) is 1. The maximum Gasteiger partial charge on any atom is 0.289 e. The minimum absolute atomic E-state index is 0.0576. The third-order valence-corrected chi connectivity index (χ3v) is 5.08. The van der Waals surface area contributed by atoms with Crippen LogP contribution in [0.25, 0.3) is 0 Å². The van der Waals surface area contributed by atoms with Gasteiger partial charge in [0.25, 0.3) is 5.91 Å². The molecule has 0 spiro atoms. The molecule has 0 saturated carbocycles. The van der Waals surface area contributed by atoms with Gasteiger partial charge in [-0.3, -0.25) is 9.69 Å². The molecule has 0 aliphatic carbocycles. The van der Waals surface area contributed by atoms with Crippen molar-refractivity contribution < 1.29 is 13.9 Å². The van der Waals surface area contributed by atoms with Gasteiger partial charge in [-0.05, 0) is 18.2 Å². The molecule has 150 valence electrons. The van der Waals surface area contributed by atoms with Gasteiger partial charge >= 0.3 is 0 Å². The second-order valence-electron chi connectivity index (χ2n) is 6.88. The number of amides is 1. The van der Waals surface area contributed by atoms with Crippen molar-refractivity contribution in [1.29, 1.82) is 0 Å². The van der Waals surface area contributed by atoms with Gasteiger partial charge in [0.05, 0.1) is 19.5 Å². The lowest BCUT2D eigenvalue weighted by Gasteiger charge is -2.35. The third kappa shape index (κ3) is 4.60. The summed E-state index contributed by atoms with van der Waals surface area (Å²) in [7, 11) is 0. The van der Waals surface area contributed by atoms with Crippen molar-refractivity contribution in [3.8, 4) is 0 Å². The van der Waals surface area contributed by atoms with Crippen LogP contribution >= 0.6 is 0 Å². The first-order valence-corrected chi connectivity index (χ1v) is 9.74. The van der Waals surface area contributed by atoms with E-state index in [1.807, 2.05) is 11.0 Å². The second-order valence-corrected chi connectivity index (χ2v) is 6.88. The van der Waals surface area contributed by atoms with E-state index in [-0.39, 0.29) is 5.91 Å². The third-order valence-electron chi connectivity index (χ3n) is 5.08. The molecule has 28 heavy (non-hydrogen) atoms. The summed E-state index contributed by atoms with van der Waals surface area (Å²) in [5.74, 6) is 1.86. The summed E-state index contributed by atoms with van der Waals surface area (Å²) in [5.41, 5.74) is 0. The van der Waals surface area contributed by atoms with Gasteiger partial charge in [0.2, 0.25) is 5.95 Å². The number of ether oxygens (including phenoxy) is 1. The highest BCUT2D eigenvalue weighted by atomic mass is 16.5. The van der Waals surface area contributed by atoms with Crippen molar-refractivity contribution in [2.45, 2.75) is 0 Å². The Kier molecular flexibility index (Phi) is 6.03. The molecule has 2 aromatic rings. The summed E-state index contributed by atoms with van der Waals surface area (Å²) >= 11 is 0. The largest absolute Gasteiger partial charge is 0.459 e. The molecular weight excluding hydrogens is 360 g/mol. The number of piperazine rings is 1. The fraction of sp³-hybridized carbons (Fsp3) is 0.526. The van der Waals surface area contributed by atoms with Crippen molar-refractivity contribution in [3.05, 3.63) is 36.4 Å². The zero-order valence-corrected chi connectivity index (χ0v) is 15.9. The Hall–Kier alpha value is -2.65. The zero-order valence-electron chi connectivity index (χ0n) is 15.9. The first-order chi connectivity index (χ1) is 13.8. The van der Waals surface area contributed by atoms with Gasteiger partial charge in [-0.2, -0.15) is 4.98 Å². The zero-order chi connectivity index (χ0) is 19.2. The van der Waals surface area contributed by atoms with E-state index in [9.17, 15) is 4.79 Å². The molecule has 0 aromatic carbocycles. The second kappa shape index (κ2) is 9.03. The van der Waals surface area contributed by atoms with Crippen LogP contribution in [0.5, 0.6) is 0 Å². The molecule has 1 N–H and O–H groups in total. The highest BCUT2D eigenvalue weighted by Crippen LogP contribution is 2.16. The molecule has 2 fully saturated rings. The van der Waals surface area contributed by atoms with Gasteiger partial charge in [0, 0.05) is 58.6 Å². The number of hydrogen-bond donors (Lipinski definition) is 1. The number of anilines is 2. The Morgan fingerprint density at radius 1 is 1.11 bits per heavy atom. The first-order valence-electron chi connectivity index (χ1n) is 9.74. The Labute approximate surface area is 164 Å². The van der Waals surface area contributed by atoms with Gasteiger partial charge in [-0.25, -0.2) is 4.98 Å². The van der Waals surface area contributed by atoms with E-state index in [1.165, 1.54) is 6.26 Å². The SMILES string of the molecule is O=C(c1ccco1)N1CCN(c2ccnc(NCCN3CCOCC3)n2)CC1. The number of morpholine rings is 1. The van der Waals surface area contributed by atoms with Gasteiger partial charge in [-0.1, -0.05) is 0 Å². The topological polar surface area (TPSA) is 87.0 Å². The Balaban J connectivity index is 1.27. The smallest absolute Gasteiger partial charge is 0.289 e. The van der Waals surface area contributed by atoms with Crippen LogP contribution in [0.4, 0.5) is 11.8 Å². The molecule has 4 rings (SSSR count). The molecule has 2 aromatic heterocycles. The molecular formula is C19H26N6O3. The lowest BCUT2D eigenvalue weighted by molar-refractivity contribution is 0.0398. The molecule has 0 bridgehead atoms. The van der Waals surface area contributed by atoms with Crippen LogP contribution in [-0.4, -0.2) is 91.2 Å². The number of hydrogen-bond acceptors (Lipinski definition) is 8. The van der Waals surface area contributed by atoms with Crippen molar-refractivity contribution in [3.63, 3.8) is 0 Å². The Bertz CT molecular complexity index is 755. The molecule has 2 saturated heterocycles. The standard InChI is InChI=1S/C19H26N6O3/c26-18(16-2-1-13-28-16)25-9-7-24(8-10-25)17-3-4-20-19(22-17)21-5-6-23-11-14-27-15-12-23/h1-4,13H,5-12,14-15H2,(H,20,21,22). The highest BCUT2D eigenvalue weighted by Gasteiger charge is 2.24. The van der Waals surface area contributed by atoms with Gasteiger partial charge in [0.1, 0.15) is 5.82 Å². The molecule has 1 amide bonds. The monoisotopic (exact) mass is 386 g/mol. The lowest BCUT2D eigenvalue weighted by atomic mass is 10.3. The molecule has 9 nitrogen and oxygen atoms in total. The fourth-order valence-corrected chi connectivity index (χ4v) is 3.46. The Morgan fingerprint density at radius 3 is 2.68 bits per heavy atom. The molecule has 2 aliphatic heterocycles. The van der Waals surface area contributed by atoms with Crippen LogP contribution in [0, 0.1) is 0 Å². The van der Waals surface area contributed by atoms with Crippen LogP contribution in [-0.2, 0) is 4.74 Å². The summed E-state index contributed by atoms with van der Waals surface area (Å²) in [6.07, 6.45) is 3.30. The van der Waals surface area contributed by atoms with Crippen LogP contribution in [0.3, 0.4) is 0 Å². The Morgan fingerprint density at radius 2 is 1.93 bits per heavy atom. The molecule has 0 unspecified atom stereocenters. The van der Waals surface area contributed by atoms with Crippen molar-refractivity contribution in [2.24, 2.45) is 0 Å². The van der Waals surface area contributed by atoms with E-state index in [0.29, 0.717) is 24.8 Å². The minimum atomic E-state index is -0.0576. The van der Waals surface area contributed by atoms with E-state index in [2.05, 4.69) is 25.1 Å². The average Bonchev–Trinajstić information content (AvgIpc) is 3.29. The maximum atomic E-state index is 12.4. The summed E-state index contributed by atoms with van der Waals surface area (Å²) in [4.78, 5) is 27.7. The normalized spacial score (nSPS) is 18.3. The maximum absolute atomic E-state index is 12.4. The van der Waals surface area contributed by atoms with Gasteiger partial charge in [0.15, 0.2) is 5.76 Å². The van der Waals surface area contributed by atoms with Crippen molar-refractivity contribution in [2.75, 3.05) is 75.8 Å². The van der Waals surface area contributed by atoms with E-state index < -0.39 is 0 Å². The number of carbonyl (C=O) groups excluding carboxylic acids is 1. The van der Waals surface area contributed by atoms with Crippen LogP contribution in [0.15, 0.2) is 35.1 Å². The first kappa shape index (κ1) is 18.7. The molecule has 0 radical (unpaired) electrons. The van der Waals surface area contributed by atoms with E-state index in [0.717, 1.165) is 58.3 Å². The minimum Gasteiger partial charge on any atom is -0.459 e. The molecule has 0 atom stereocenters. The summed E-state index contributed by atoms with van der Waals surface area (Å²) in [6.45, 7) is 8.06. The fourth-order valence-electron chi connectivity index (χ4n) is 3.46. The van der Waals surface area contributed by atoms with Crippen molar-refractivity contribution in [1.82, 2.24) is 19.8 Å². The average molecular weight is 386 g/mol. The molecule has 2 aliphatic rings. The summed E-state index contributed by atoms with van der Waals surface area (Å²) in [5, 5.41) is 3.31. The van der Waals surface area contributed by atoms with Crippen LogP contribution in [0.1, 0.15) is 10.6 Å². The predicted octanol–water partition coefficient (Wildman–Crippen LogP) is 0.776. The lowest BCUT2D eigenvalue weighted by Crippen LogP contribution is -2.49. The number of aromatic nitrogens is 2. The van der Waals surface area contributed by atoms with Crippen LogP contribution < -0.4 is 10.2 Å². The number of furan rings is 1. The summed E-state index contributed by atoms with van der Waals surface area (Å²) in [6, 6.07) is 5.35. The number of carbonyl (C=O) groups is 1. The van der Waals surface area contributed by atoms with Crippen molar-refractivity contribution >= 4 is 17.7 Å². The van der Waals surface area contributed by atoms with E-state index in [4.69, 9.17) is 9.15 Å². The predicted molar refractivity (Wildman–Crippen MR) is 105 cm³/mol. The van der Waals surface area contributed by atoms with E-state index >= 15 is 0 Å². The van der Waals surface area contributed by atoms with Gasteiger partial charge in [-0.15, -0.1) is 0 Å². The highest BCUT2D eigenvalue weighted by molar-refractivity contribution is 5.91. The quantitative estimate of drug-likeness (QED) is 0.779. The molecule has 4 heterocycles.